The molecule has 2 amide bonds. The van der Waals surface area contributed by atoms with E-state index in [1.165, 1.54) is 0 Å². The van der Waals surface area contributed by atoms with E-state index in [0.29, 0.717) is 25.2 Å². The van der Waals surface area contributed by atoms with E-state index >= 15 is 0 Å². The zero-order chi connectivity index (χ0) is 24.1. The Kier molecular flexibility index (Phi) is 6.44. The molecule has 32 heavy (non-hydrogen) atoms. The van der Waals surface area contributed by atoms with Crippen LogP contribution < -0.4 is 5.46 Å². The maximum Gasteiger partial charge on any atom is 0.495 e. The van der Waals surface area contributed by atoms with E-state index in [1.54, 1.807) is 9.80 Å². The molecule has 8 heteroatoms. The van der Waals surface area contributed by atoms with Crippen molar-refractivity contribution in [3.05, 3.63) is 29.3 Å². The summed E-state index contributed by atoms with van der Waals surface area (Å²) in [6.07, 6.45) is -0.338. The third-order valence-electron chi connectivity index (χ3n) is 6.58. The van der Waals surface area contributed by atoms with Crippen molar-refractivity contribution in [2.45, 2.75) is 85.2 Å². The Labute approximate surface area is 192 Å². The monoisotopic (exact) mass is 444 g/mol. The van der Waals surface area contributed by atoms with Gasteiger partial charge in [0.25, 0.3) is 5.91 Å². The lowest BCUT2D eigenvalue weighted by Gasteiger charge is -2.40. The molecule has 1 aromatic carbocycles. The predicted octanol–water partition coefficient (Wildman–Crippen LogP) is 3.38. The molecular weight excluding hydrogens is 407 g/mol. The molecule has 0 radical (unpaired) electrons. The van der Waals surface area contributed by atoms with E-state index < -0.39 is 23.9 Å². The van der Waals surface area contributed by atoms with Crippen LogP contribution in [0.15, 0.2) is 18.2 Å². The van der Waals surface area contributed by atoms with Gasteiger partial charge in [0.2, 0.25) is 0 Å². The topological polar surface area (TPSA) is 68.3 Å². The van der Waals surface area contributed by atoms with E-state index in [4.69, 9.17) is 14.0 Å². The highest BCUT2D eigenvalue weighted by Crippen LogP contribution is 2.36. The van der Waals surface area contributed by atoms with Gasteiger partial charge in [-0.3, -0.25) is 4.79 Å². The van der Waals surface area contributed by atoms with E-state index in [0.717, 1.165) is 11.0 Å². The molecule has 176 valence electrons. The van der Waals surface area contributed by atoms with Crippen molar-refractivity contribution in [2.75, 3.05) is 19.6 Å². The SMILES string of the molecule is Cc1ccc(C(=O)N2CCN(C(=O)OC(C)(C)C)C(C)C2)cc1B1OC(C)(C)C(C)(C)O1. The first-order valence-corrected chi connectivity index (χ1v) is 11.4. The lowest BCUT2D eigenvalue weighted by Crippen LogP contribution is -2.56. The van der Waals surface area contributed by atoms with Crippen LogP contribution in [-0.2, 0) is 14.0 Å². The number of ether oxygens (including phenoxy) is 1. The number of nitrogens with zero attached hydrogens (tertiary/aromatic N) is 2. The Balaban J connectivity index is 1.73. The molecule has 0 N–H and O–H groups in total. The van der Waals surface area contributed by atoms with Gasteiger partial charge in [-0.15, -0.1) is 0 Å². The molecule has 0 saturated carbocycles. The molecular formula is C24H37BN2O5. The minimum Gasteiger partial charge on any atom is -0.444 e. The number of amides is 2. The Hall–Kier alpha value is -2.06. The first-order valence-electron chi connectivity index (χ1n) is 11.4. The second-order valence-corrected chi connectivity index (χ2v) is 10.9. The van der Waals surface area contributed by atoms with Crippen LogP contribution >= 0.6 is 0 Å². The predicted molar refractivity (Wildman–Crippen MR) is 125 cm³/mol. The molecule has 1 aromatic rings. The highest BCUT2D eigenvalue weighted by molar-refractivity contribution is 6.62. The Bertz CT molecular complexity index is 877. The van der Waals surface area contributed by atoms with E-state index in [9.17, 15) is 9.59 Å². The smallest absolute Gasteiger partial charge is 0.444 e. The van der Waals surface area contributed by atoms with Crippen LogP contribution in [0.2, 0.25) is 0 Å². The number of hydrogen-bond donors (Lipinski definition) is 0. The minimum absolute atomic E-state index is 0.0570. The highest BCUT2D eigenvalue weighted by Gasteiger charge is 2.52. The normalized spacial score (nSPS) is 22.8. The molecule has 7 nitrogen and oxygen atoms in total. The largest absolute Gasteiger partial charge is 0.495 e. The first-order chi connectivity index (χ1) is 14.6. The maximum absolute atomic E-state index is 13.3. The van der Waals surface area contributed by atoms with E-state index in [2.05, 4.69) is 0 Å². The molecule has 3 rings (SSSR count). The van der Waals surface area contributed by atoms with Crippen LogP contribution in [0.3, 0.4) is 0 Å². The van der Waals surface area contributed by atoms with E-state index in [1.807, 2.05) is 80.5 Å². The second kappa shape index (κ2) is 8.38. The first kappa shape index (κ1) is 24.6. The van der Waals surface area contributed by atoms with Crippen LogP contribution in [-0.4, -0.2) is 71.4 Å². The van der Waals surface area contributed by atoms with Crippen molar-refractivity contribution in [1.82, 2.24) is 9.80 Å². The molecule has 0 spiro atoms. The molecule has 0 bridgehead atoms. The number of piperazine rings is 1. The van der Waals surface area contributed by atoms with Crippen molar-refractivity contribution in [1.29, 1.82) is 0 Å². The zero-order valence-corrected chi connectivity index (χ0v) is 20.9. The number of benzene rings is 1. The quantitative estimate of drug-likeness (QED) is 0.655. The molecule has 1 atom stereocenters. The summed E-state index contributed by atoms with van der Waals surface area (Å²) in [5, 5.41) is 0. The van der Waals surface area contributed by atoms with Gasteiger partial charge in [-0.1, -0.05) is 11.6 Å². The Morgan fingerprint density at radius 2 is 1.69 bits per heavy atom. The summed E-state index contributed by atoms with van der Waals surface area (Å²) < 4.78 is 17.9. The van der Waals surface area contributed by atoms with Crippen LogP contribution in [0, 0.1) is 6.92 Å². The molecule has 0 aromatic heterocycles. The number of rotatable bonds is 2. The average Bonchev–Trinajstić information content (AvgIpc) is 2.87. The molecule has 0 aliphatic carbocycles. The van der Waals surface area contributed by atoms with Crippen LogP contribution in [0.5, 0.6) is 0 Å². The molecule has 2 aliphatic heterocycles. The van der Waals surface area contributed by atoms with Gasteiger partial charge < -0.3 is 23.8 Å². The van der Waals surface area contributed by atoms with E-state index in [-0.39, 0.29) is 18.0 Å². The van der Waals surface area contributed by atoms with Gasteiger partial charge in [0.05, 0.1) is 11.2 Å². The Morgan fingerprint density at radius 3 is 2.22 bits per heavy atom. The molecule has 2 heterocycles. The van der Waals surface area contributed by atoms with Crippen molar-refractivity contribution in [3.8, 4) is 0 Å². The molecule has 2 saturated heterocycles. The summed E-state index contributed by atoms with van der Waals surface area (Å²) in [6.45, 7) is 18.9. The lowest BCUT2D eigenvalue weighted by molar-refractivity contribution is 0.00198. The second-order valence-electron chi connectivity index (χ2n) is 10.9. The summed E-state index contributed by atoms with van der Waals surface area (Å²) in [4.78, 5) is 29.3. The molecule has 2 aliphatic rings. The van der Waals surface area contributed by atoms with Crippen molar-refractivity contribution in [2.24, 2.45) is 0 Å². The molecule has 1 unspecified atom stereocenters. The van der Waals surface area contributed by atoms with Crippen molar-refractivity contribution >= 4 is 24.6 Å². The average molecular weight is 444 g/mol. The van der Waals surface area contributed by atoms with Gasteiger partial charge in [-0.25, -0.2) is 4.79 Å². The van der Waals surface area contributed by atoms with Gasteiger partial charge >= 0.3 is 13.2 Å². The van der Waals surface area contributed by atoms with Gasteiger partial charge in [0, 0.05) is 31.2 Å². The Morgan fingerprint density at radius 1 is 1.09 bits per heavy atom. The number of hydrogen-bond acceptors (Lipinski definition) is 5. The fourth-order valence-electron chi connectivity index (χ4n) is 3.91. The van der Waals surface area contributed by atoms with Gasteiger partial charge in [0.15, 0.2) is 0 Å². The van der Waals surface area contributed by atoms with Crippen LogP contribution in [0.4, 0.5) is 4.79 Å². The minimum atomic E-state index is -0.546. The summed E-state index contributed by atoms with van der Waals surface area (Å²) >= 11 is 0. The molecule has 2 fully saturated rings. The van der Waals surface area contributed by atoms with Gasteiger partial charge in [-0.2, -0.15) is 0 Å². The van der Waals surface area contributed by atoms with Gasteiger partial charge in [0.1, 0.15) is 5.60 Å². The van der Waals surface area contributed by atoms with Crippen molar-refractivity contribution in [3.63, 3.8) is 0 Å². The zero-order valence-electron chi connectivity index (χ0n) is 20.9. The van der Waals surface area contributed by atoms with Crippen LogP contribution in [0.25, 0.3) is 0 Å². The highest BCUT2D eigenvalue weighted by atomic mass is 16.7. The number of carbonyl (C=O) groups is 2. The van der Waals surface area contributed by atoms with Crippen LogP contribution in [0.1, 0.15) is 71.3 Å². The fraction of sp³-hybridized carbons (Fsp3) is 0.667. The summed E-state index contributed by atoms with van der Waals surface area (Å²) in [5.74, 6) is -0.0570. The summed E-state index contributed by atoms with van der Waals surface area (Å²) in [7, 11) is -0.518. The van der Waals surface area contributed by atoms with Gasteiger partial charge in [-0.05, 0) is 79.9 Å². The van der Waals surface area contributed by atoms with Crippen molar-refractivity contribution < 1.29 is 23.6 Å². The standard InChI is InChI=1S/C24H37BN2O5/c1-16-10-11-18(14-19(16)25-31-23(6,7)24(8,9)32-25)20(28)26-12-13-27(17(2)15-26)21(29)30-22(3,4)5/h10-11,14,17H,12-13,15H2,1-9H3. The maximum atomic E-state index is 13.3. The number of aryl methyl sites for hydroxylation is 1. The summed E-state index contributed by atoms with van der Waals surface area (Å²) in [5.41, 5.74) is 1.04. The lowest BCUT2D eigenvalue weighted by atomic mass is 9.75. The third-order valence-corrected chi connectivity index (χ3v) is 6.58. The fourth-order valence-corrected chi connectivity index (χ4v) is 3.91. The summed E-state index contributed by atoms with van der Waals surface area (Å²) in [6, 6.07) is 5.53. The third kappa shape index (κ3) is 4.96. The number of carbonyl (C=O) groups excluding carboxylic acids is 2.